The van der Waals surface area contributed by atoms with Crippen molar-refractivity contribution in [3.8, 4) is 0 Å². The van der Waals surface area contributed by atoms with Crippen molar-refractivity contribution in [2.45, 2.75) is 57.7 Å². The highest BCUT2D eigenvalue weighted by Crippen LogP contribution is 2.36. The number of anilines is 1. The van der Waals surface area contributed by atoms with Crippen molar-refractivity contribution in [1.29, 1.82) is 0 Å². The maximum Gasteiger partial charge on any atom is 0.498 e. The third-order valence-corrected chi connectivity index (χ3v) is 3.96. The lowest BCUT2D eigenvalue weighted by Gasteiger charge is -2.32. The molecule has 1 aromatic heterocycles. The lowest BCUT2D eigenvalue weighted by molar-refractivity contribution is 0.00578. The Morgan fingerprint density at radius 1 is 1.23 bits per heavy atom. The minimum absolute atomic E-state index is 0.0804. The molecule has 2 aliphatic heterocycles. The standard InChI is InChI=1S/C15H24BN3O3/c1-14(2)15(3,4)22-16(21-14)11-9-17-13(18-10-11)19-7-5-12(20)6-8-19/h9-10,12,20H,5-8H2,1-4H3/i5D2,6D2,7D2,8D2,12D. The summed E-state index contributed by atoms with van der Waals surface area (Å²) in [4.78, 5) is 7.90. The fourth-order valence-electron chi connectivity index (χ4n) is 1.92. The first-order valence-corrected chi connectivity index (χ1v) is 6.85. The van der Waals surface area contributed by atoms with Crippen molar-refractivity contribution in [2.24, 2.45) is 0 Å². The summed E-state index contributed by atoms with van der Waals surface area (Å²) in [5, 5.41) is 10.2. The summed E-state index contributed by atoms with van der Waals surface area (Å²) in [6, 6.07) is 0. The van der Waals surface area contributed by atoms with Gasteiger partial charge in [0, 0.05) is 41.8 Å². The SMILES string of the molecule is [2H]C1([2H])N(c2ncc(B3OC(C)(C)C(C)(C)O3)cn2)C([2H])([2H])C([2H])([2H])C([2H])(O)C1([2H])[2H]. The Bertz CT molecular complexity index is 834. The summed E-state index contributed by atoms with van der Waals surface area (Å²) in [5.41, 5.74) is -0.963. The van der Waals surface area contributed by atoms with E-state index >= 15 is 0 Å². The fraction of sp³-hybridized carbons (Fsp3) is 0.733. The smallest absolute Gasteiger partial charge is 0.399 e. The first kappa shape index (κ1) is 8.08. The van der Waals surface area contributed by atoms with Crippen LogP contribution in [0.3, 0.4) is 0 Å². The topological polar surface area (TPSA) is 67.7 Å². The van der Waals surface area contributed by atoms with E-state index in [1.165, 1.54) is 12.4 Å². The van der Waals surface area contributed by atoms with Gasteiger partial charge in [-0.3, -0.25) is 0 Å². The Kier molecular flexibility index (Phi) is 2.01. The van der Waals surface area contributed by atoms with E-state index in [4.69, 9.17) is 21.6 Å². The summed E-state index contributed by atoms with van der Waals surface area (Å²) in [7, 11) is -0.856. The molecule has 0 amide bonds. The number of aromatic nitrogens is 2. The van der Waals surface area contributed by atoms with Gasteiger partial charge in [0.1, 0.15) is 0 Å². The molecule has 0 aromatic carbocycles. The number of rotatable bonds is 2. The van der Waals surface area contributed by atoms with Crippen molar-refractivity contribution >= 4 is 18.5 Å². The van der Waals surface area contributed by atoms with Crippen LogP contribution in [0.1, 0.15) is 52.8 Å². The van der Waals surface area contributed by atoms with Crippen molar-refractivity contribution in [2.75, 3.05) is 17.9 Å². The van der Waals surface area contributed by atoms with Crippen LogP contribution in [0.4, 0.5) is 5.95 Å². The third kappa shape index (κ3) is 2.85. The Balaban J connectivity index is 2.04. The van der Waals surface area contributed by atoms with Gasteiger partial charge < -0.3 is 19.3 Å². The van der Waals surface area contributed by atoms with Crippen LogP contribution in [0.25, 0.3) is 0 Å². The predicted octanol–water partition coefficient (Wildman–Crippen LogP) is 0.737. The molecule has 2 fully saturated rings. The number of hydrogen-bond acceptors (Lipinski definition) is 6. The van der Waals surface area contributed by atoms with Gasteiger partial charge in [0.2, 0.25) is 5.95 Å². The first-order valence-electron chi connectivity index (χ1n) is 11.4. The number of hydrogen-bond donors (Lipinski definition) is 1. The average molecular weight is 314 g/mol. The minimum Gasteiger partial charge on any atom is -0.399 e. The van der Waals surface area contributed by atoms with E-state index < -0.39 is 56.1 Å². The summed E-state index contributed by atoms with van der Waals surface area (Å²) in [6.45, 7) is 0.585. The van der Waals surface area contributed by atoms with Crippen LogP contribution >= 0.6 is 0 Å². The van der Waals surface area contributed by atoms with Crippen LogP contribution in [-0.2, 0) is 9.31 Å². The zero-order chi connectivity index (χ0) is 24.1. The average Bonchev–Trinajstić information content (AvgIpc) is 2.81. The summed E-state index contributed by atoms with van der Waals surface area (Å²) < 4.78 is 83.7. The monoisotopic (exact) mass is 314 g/mol. The largest absolute Gasteiger partial charge is 0.498 e. The molecule has 0 radical (unpaired) electrons. The zero-order valence-corrected chi connectivity index (χ0v) is 12.8. The van der Waals surface area contributed by atoms with Crippen LogP contribution in [0, 0.1) is 0 Å². The van der Waals surface area contributed by atoms with Crippen molar-refractivity contribution < 1.29 is 26.8 Å². The molecule has 0 aliphatic carbocycles. The van der Waals surface area contributed by atoms with Crippen LogP contribution < -0.4 is 10.4 Å². The molecule has 0 spiro atoms. The van der Waals surface area contributed by atoms with Gasteiger partial charge in [-0.15, -0.1) is 0 Å². The van der Waals surface area contributed by atoms with Crippen molar-refractivity contribution in [3.05, 3.63) is 12.4 Å². The molecule has 0 bridgehead atoms. The molecule has 1 aromatic rings. The maximum atomic E-state index is 10.2. The van der Waals surface area contributed by atoms with E-state index in [2.05, 4.69) is 9.97 Å². The molecule has 120 valence electrons. The molecule has 1 N–H and O–H groups in total. The number of aliphatic hydroxyl groups is 1. The molecule has 3 heterocycles. The van der Waals surface area contributed by atoms with Gasteiger partial charge >= 0.3 is 7.12 Å². The van der Waals surface area contributed by atoms with E-state index in [-0.39, 0.29) is 4.90 Å². The maximum absolute atomic E-state index is 10.2. The Hall–Kier alpha value is -1.18. The lowest BCUT2D eigenvalue weighted by Crippen LogP contribution is -2.41. The highest BCUT2D eigenvalue weighted by atomic mass is 16.7. The second-order valence-electron chi connectivity index (χ2n) is 6.06. The highest BCUT2D eigenvalue weighted by Gasteiger charge is 2.51. The molecule has 0 saturated carbocycles. The van der Waals surface area contributed by atoms with Crippen LogP contribution in [0.5, 0.6) is 0 Å². The van der Waals surface area contributed by atoms with Crippen LogP contribution in [-0.4, -0.2) is 52.5 Å². The van der Waals surface area contributed by atoms with Crippen LogP contribution in [0.2, 0.25) is 0 Å². The van der Waals surface area contributed by atoms with Gasteiger partial charge in [-0.05, 0) is 40.4 Å². The normalized spacial score (nSPS) is 41.4. The molecule has 0 atom stereocenters. The second kappa shape index (κ2) is 5.47. The molecule has 3 rings (SSSR count). The summed E-state index contributed by atoms with van der Waals surface area (Å²) >= 11 is 0. The van der Waals surface area contributed by atoms with Gasteiger partial charge in [0.15, 0.2) is 0 Å². The summed E-state index contributed by atoms with van der Waals surface area (Å²) in [5.74, 6) is -0.668. The number of nitrogens with zero attached hydrogens (tertiary/aromatic N) is 3. The zero-order valence-electron chi connectivity index (χ0n) is 21.8. The Labute approximate surface area is 144 Å². The first-order chi connectivity index (χ1) is 13.7. The van der Waals surface area contributed by atoms with Gasteiger partial charge in [0.05, 0.1) is 18.7 Å². The van der Waals surface area contributed by atoms with Crippen molar-refractivity contribution in [3.63, 3.8) is 0 Å². The molecule has 2 saturated heterocycles. The molecule has 6 nitrogen and oxygen atoms in total. The van der Waals surface area contributed by atoms with Gasteiger partial charge in [-0.25, -0.2) is 9.97 Å². The molecule has 0 unspecified atom stereocenters. The molecular formula is C15H24BN3O3. The summed E-state index contributed by atoms with van der Waals surface area (Å²) in [6.07, 6.45) is -8.48. The van der Waals surface area contributed by atoms with E-state index in [1.807, 2.05) is 27.7 Å². The van der Waals surface area contributed by atoms with E-state index in [9.17, 15) is 5.11 Å². The Morgan fingerprint density at radius 3 is 2.23 bits per heavy atom. The van der Waals surface area contributed by atoms with E-state index in [0.717, 1.165) is 0 Å². The minimum atomic E-state index is -3.74. The Morgan fingerprint density at radius 2 is 1.73 bits per heavy atom. The molecule has 2 aliphatic rings. The molecular weight excluding hydrogens is 281 g/mol. The van der Waals surface area contributed by atoms with Gasteiger partial charge in [-0.2, -0.15) is 0 Å². The van der Waals surface area contributed by atoms with E-state index in [1.54, 1.807) is 0 Å². The highest BCUT2D eigenvalue weighted by molar-refractivity contribution is 6.61. The van der Waals surface area contributed by atoms with Gasteiger partial charge in [0.25, 0.3) is 0 Å². The van der Waals surface area contributed by atoms with Crippen LogP contribution in [0.15, 0.2) is 12.4 Å². The second-order valence-corrected chi connectivity index (χ2v) is 6.06. The number of piperidine rings is 1. The van der Waals surface area contributed by atoms with Gasteiger partial charge in [-0.1, -0.05) is 0 Å². The van der Waals surface area contributed by atoms with Crippen molar-refractivity contribution in [1.82, 2.24) is 9.97 Å². The lowest BCUT2D eigenvalue weighted by atomic mass is 9.81. The third-order valence-electron chi connectivity index (χ3n) is 3.96. The molecule has 22 heavy (non-hydrogen) atoms. The quantitative estimate of drug-likeness (QED) is 0.812. The fourth-order valence-corrected chi connectivity index (χ4v) is 1.92. The predicted molar refractivity (Wildman–Crippen MR) is 85.2 cm³/mol. The van der Waals surface area contributed by atoms with E-state index in [0.29, 0.717) is 5.46 Å². The molecule has 7 heteroatoms.